The summed E-state index contributed by atoms with van der Waals surface area (Å²) in [7, 11) is 0. The van der Waals surface area contributed by atoms with E-state index in [0.717, 1.165) is 37.7 Å². The van der Waals surface area contributed by atoms with Crippen LogP contribution in [0.5, 0.6) is 0 Å². The SMILES string of the molecule is CCC1CCCCN1c1cc(C(=O)N2CCN(c3ccccn3)CC2)nc(C)n1. The first-order valence-electron chi connectivity index (χ1n) is 10.7. The number of anilines is 2. The quantitative estimate of drug-likeness (QED) is 0.794. The van der Waals surface area contributed by atoms with Crippen molar-refractivity contribution in [2.24, 2.45) is 0 Å². The van der Waals surface area contributed by atoms with Crippen molar-refractivity contribution >= 4 is 17.5 Å². The fraction of sp³-hybridized carbons (Fsp3) is 0.545. The molecule has 29 heavy (non-hydrogen) atoms. The van der Waals surface area contributed by atoms with E-state index in [0.29, 0.717) is 30.6 Å². The molecule has 2 fully saturated rings. The van der Waals surface area contributed by atoms with Gasteiger partial charge in [0.25, 0.3) is 5.91 Å². The molecular weight excluding hydrogens is 364 g/mol. The molecule has 0 N–H and O–H groups in total. The molecule has 4 rings (SSSR count). The zero-order valence-corrected chi connectivity index (χ0v) is 17.4. The molecule has 0 saturated carbocycles. The molecule has 2 saturated heterocycles. The summed E-state index contributed by atoms with van der Waals surface area (Å²) < 4.78 is 0. The van der Waals surface area contributed by atoms with Crippen molar-refractivity contribution in [3.63, 3.8) is 0 Å². The fourth-order valence-electron chi connectivity index (χ4n) is 4.38. The van der Waals surface area contributed by atoms with Gasteiger partial charge in [-0.1, -0.05) is 13.0 Å². The highest BCUT2D eigenvalue weighted by Gasteiger charge is 2.27. The van der Waals surface area contributed by atoms with Gasteiger partial charge in [0.05, 0.1) is 0 Å². The summed E-state index contributed by atoms with van der Waals surface area (Å²) in [6, 6.07) is 8.33. The average molecular weight is 395 g/mol. The lowest BCUT2D eigenvalue weighted by Crippen LogP contribution is -2.49. The van der Waals surface area contributed by atoms with Crippen LogP contribution < -0.4 is 9.80 Å². The van der Waals surface area contributed by atoms with Crippen LogP contribution in [0.3, 0.4) is 0 Å². The Morgan fingerprint density at radius 2 is 1.90 bits per heavy atom. The van der Waals surface area contributed by atoms with Crippen LogP contribution in [0.25, 0.3) is 0 Å². The number of piperazine rings is 1. The van der Waals surface area contributed by atoms with Crippen molar-refractivity contribution in [2.45, 2.75) is 45.6 Å². The van der Waals surface area contributed by atoms with E-state index in [1.54, 1.807) is 0 Å². The summed E-state index contributed by atoms with van der Waals surface area (Å²) in [6.45, 7) is 8.03. The summed E-state index contributed by atoms with van der Waals surface area (Å²) in [5.74, 6) is 2.54. The molecule has 1 amide bonds. The van der Waals surface area contributed by atoms with Gasteiger partial charge in [-0.2, -0.15) is 0 Å². The van der Waals surface area contributed by atoms with E-state index in [1.807, 2.05) is 42.3 Å². The lowest BCUT2D eigenvalue weighted by atomic mass is 10.00. The molecular formula is C22H30N6O. The molecule has 0 bridgehead atoms. The first-order chi connectivity index (χ1) is 14.2. The van der Waals surface area contributed by atoms with E-state index in [1.165, 1.54) is 19.3 Å². The second-order valence-electron chi connectivity index (χ2n) is 7.88. The number of hydrogen-bond donors (Lipinski definition) is 0. The highest BCUT2D eigenvalue weighted by Crippen LogP contribution is 2.26. The number of carbonyl (C=O) groups is 1. The highest BCUT2D eigenvalue weighted by atomic mass is 16.2. The summed E-state index contributed by atoms with van der Waals surface area (Å²) in [6.07, 6.45) is 6.55. The zero-order chi connectivity index (χ0) is 20.2. The van der Waals surface area contributed by atoms with E-state index >= 15 is 0 Å². The predicted octanol–water partition coefficient (Wildman–Crippen LogP) is 2.91. The van der Waals surface area contributed by atoms with Gasteiger partial charge in [-0.15, -0.1) is 0 Å². The lowest BCUT2D eigenvalue weighted by Gasteiger charge is -2.37. The third kappa shape index (κ3) is 4.33. The smallest absolute Gasteiger partial charge is 0.272 e. The van der Waals surface area contributed by atoms with Gasteiger partial charge in [-0.05, 0) is 44.7 Å². The normalized spacial score (nSPS) is 20.1. The zero-order valence-electron chi connectivity index (χ0n) is 17.4. The predicted molar refractivity (Wildman–Crippen MR) is 114 cm³/mol. The number of hydrogen-bond acceptors (Lipinski definition) is 6. The largest absolute Gasteiger partial charge is 0.354 e. The molecule has 0 aliphatic carbocycles. The number of pyridine rings is 1. The Morgan fingerprint density at radius 1 is 1.07 bits per heavy atom. The maximum Gasteiger partial charge on any atom is 0.272 e. The maximum atomic E-state index is 13.2. The van der Waals surface area contributed by atoms with Crippen molar-refractivity contribution in [1.29, 1.82) is 0 Å². The summed E-state index contributed by atoms with van der Waals surface area (Å²) in [5, 5.41) is 0. The van der Waals surface area contributed by atoms with Gasteiger partial charge in [-0.3, -0.25) is 4.79 Å². The van der Waals surface area contributed by atoms with Crippen molar-refractivity contribution in [1.82, 2.24) is 19.9 Å². The van der Waals surface area contributed by atoms with Crippen molar-refractivity contribution < 1.29 is 4.79 Å². The monoisotopic (exact) mass is 394 g/mol. The second kappa shape index (κ2) is 8.76. The van der Waals surface area contributed by atoms with Crippen molar-refractivity contribution in [2.75, 3.05) is 42.5 Å². The number of aryl methyl sites for hydroxylation is 1. The molecule has 4 heterocycles. The van der Waals surface area contributed by atoms with E-state index in [-0.39, 0.29) is 5.91 Å². The van der Waals surface area contributed by atoms with E-state index in [2.05, 4.69) is 31.7 Å². The van der Waals surface area contributed by atoms with Gasteiger partial charge in [0.15, 0.2) is 0 Å². The van der Waals surface area contributed by atoms with Crippen LogP contribution in [-0.4, -0.2) is 64.5 Å². The number of carbonyl (C=O) groups excluding carboxylic acids is 1. The first kappa shape index (κ1) is 19.6. The molecule has 1 unspecified atom stereocenters. The molecule has 2 aromatic heterocycles. The number of aromatic nitrogens is 3. The van der Waals surface area contributed by atoms with E-state index in [9.17, 15) is 4.79 Å². The summed E-state index contributed by atoms with van der Waals surface area (Å²) >= 11 is 0. The highest BCUT2D eigenvalue weighted by molar-refractivity contribution is 5.93. The van der Waals surface area contributed by atoms with Crippen molar-refractivity contribution in [3.05, 3.63) is 42.0 Å². The molecule has 0 radical (unpaired) electrons. The Kier molecular flexibility index (Phi) is 5.92. The third-order valence-electron chi connectivity index (χ3n) is 5.98. The van der Waals surface area contributed by atoms with Gasteiger partial charge < -0.3 is 14.7 Å². The van der Waals surface area contributed by atoms with E-state index < -0.39 is 0 Å². The molecule has 7 heteroatoms. The minimum Gasteiger partial charge on any atom is -0.354 e. The van der Waals surface area contributed by atoms with Crippen LogP contribution in [-0.2, 0) is 0 Å². The fourth-order valence-corrected chi connectivity index (χ4v) is 4.38. The van der Waals surface area contributed by atoms with E-state index in [4.69, 9.17) is 0 Å². The topological polar surface area (TPSA) is 65.5 Å². The number of rotatable bonds is 4. The van der Waals surface area contributed by atoms with Crippen molar-refractivity contribution in [3.8, 4) is 0 Å². The molecule has 2 aliphatic rings. The van der Waals surface area contributed by atoms with Crippen LogP contribution in [0.4, 0.5) is 11.6 Å². The number of nitrogens with zero attached hydrogens (tertiary/aromatic N) is 6. The summed E-state index contributed by atoms with van der Waals surface area (Å²) in [5.41, 5.74) is 0.513. The van der Waals surface area contributed by atoms with Gasteiger partial charge in [0, 0.05) is 51.0 Å². The average Bonchev–Trinajstić information content (AvgIpc) is 2.79. The number of piperidine rings is 1. The minimum atomic E-state index is 0.00230. The molecule has 7 nitrogen and oxygen atoms in total. The third-order valence-corrected chi connectivity index (χ3v) is 5.98. The van der Waals surface area contributed by atoms with Gasteiger partial charge in [0.2, 0.25) is 0 Å². The first-order valence-corrected chi connectivity index (χ1v) is 10.7. The lowest BCUT2D eigenvalue weighted by molar-refractivity contribution is 0.0740. The van der Waals surface area contributed by atoms with Crippen LogP contribution in [0, 0.1) is 6.92 Å². The minimum absolute atomic E-state index is 0.00230. The second-order valence-corrected chi connectivity index (χ2v) is 7.88. The van der Waals surface area contributed by atoms with Crippen LogP contribution in [0.2, 0.25) is 0 Å². The van der Waals surface area contributed by atoms with Gasteiger partial charge >= 0.3 is 0 Å². The Morgan fingerprint density at radius 3 is 2.62 bits per heavy atom. The molecule has 2 aliphatic heterocycles. The van der Waals surface area contributed by atoms with Crippen LogP contribution in [0.15, 0.2) is 30.5 Å². The Hall–Kier alpha value is -2.70. The van der Waals surface area contributed by atoms with Crippen LogP contribution in [0.1, 0.15) is 48.9 Å². The van der Waals surface area contributed by atoms with Gasteiger partial charge in [-0.25, -0.2) is 15.0 Å². The standard InChI is InChI=1S/C22H30N6O/c1-3-18-8-5-7-11-28(18)21-16-19(24-17(2)25-21)22(29)27-14-12-26(13-15-27)20-9-4-6-10-23-20/h4,6,9-10,16,18H,3,5,7-8,11-15H2,1-2H3. The molecule has 154 valence electrons. The summed E-state index contributed by atoms with van der Waals surface area (Å²) in [4.78, 5) is 33.2. The molecule has 1 atom stereocenters. The maximum absolute atomic E-state index is 13.2. The van der Waals surface area contributed by atoms with Crippen LogP contribution >= 0.6 is 0 Å². The molecule has 0 spiro atoms. The Balaban J connectivity index is 1.47. The molecule has 2 aromatic rings. The Labute approximate surface area is 172 Å². The Bertz CT molecular complexity index is 834. The number of amides is 1. The molecule has 0 aromatic carbocycles. The van der Waals surface area contributed by atoms with Gasteiger partial charge in [0.1, 0.15) is 23.2 Å².